The molecule has 1 heterocycles. The molecule has 0 bridgehead atoms. The third-order valence-electron chi connectivity index (χ3n) is 9.81. The summed E-state index contributed by atoms with van der Waals surface area (Å²) in [7, 11) is 0. The van der Waals surface area contributed by atoms with Gasteiger partial charge in [0.25, 0.3) is 0 Å². The van der Waals surface area contributed by atoms with Gasteiger partial charge in [-0.25, -0.2) is 0 Å². The molecule has 10 aromatic rings. The standard InChI is InChI=1S/C46H29NO/c1-2-11-30(12-3-1)31-23-26-35(27-24-31)47(41-20-10-19-40-45-37-16-7-5-14-33(37)25-28-43(45)48-46(40)41)42-29-34-22-21-32-13-4-6-15-36(32)44(34)39-18-9-8-17-38(39)42/h1-29H. The Morgan fingerprint density at radius 3 is 1.71 bits per heavy atom. The molecule has 0 atom stereocenters. The average molecular weight is 612 g/mol. The summed E-state index contributed by atoms with van der Waals surface area (Å²) in [5, 5.41) is 12.1. The lowest BCUT2D eigenvalue weighted by Gasteiger charge is -2.28. The van der Waals surface area contributed by atoms with Gasteiger partial charge < -0.3 is 9.32 Å². The molecule has 0 aliphatic rings. The maximum Gasteiger partial charge on any atom is 0.159 e. The summed E-state index contributed by atoms with van der Waals surface area (Å²) < 4.78 is 6.82. The minimum atomic E-state index is 0.874. The molecule has 9 aromatic carbocycles. The number of furan rings is 1. The number of para-hydroxylation sites is 1. The normalized spacial score (nSPS) is 11.8. The van der Waals surface area contributed by atoms with E-state index in [0.29, 0.717) is 0 Å². The molecule has 2 nitrogen and oxygen atoms in total. The first-order valence-corrected chi connectivity index (χ1v) is 16.4. The number of anilines is 3. The Hall–Kier alpha value is -6.38. The molecule has 0 radical (unpaired) electrons. The van der Waals surface area contributed by atoms with Crippen LogP contribution >= 0.6 is 0 Å². The average Bonchev–Trinajstić information content (AvgIpc) is 3.55. The largest absolute Gasteiger partial charge is 0.454 e. The van der Waals surface area contributed by atoms with Crippen molar-refractivity contribution >= 4 is 82.1 Å². The van der Waals surface area contributed by atoms with Crippen molar-refractivity contribution in [2.45, 2.75) is 0 Å². The van der Waals surface area contributed by atoms with Crippen LogP contribution in [0.25, 0.3) is 76.2 Å². The fourth-order valence-corrected chi connectivity index (χ4v) is 7.61. The van der Waals surface area contributed by atoms with E-state index in [1.54, 1.807) is 0 Å². The van der Waals surface area contributed by atoms with Crippen LogP contribution in [0.3, 0.4) is 0 Å². The van der Waals surface area contributed by atoms with Gasteiger partial charge in [-0.2, -0.15) is 0 Å². The number of benzene rings is 9. The van der Waals surface area contributed by atoms with Crippen LogP contribution in [-0.4, -0.2) is 0 Å². The van der Waals surface area contributed by atoms with Gasteiger partial charge in [-0.15, -0.1) is 0 Å². The fourth-order valence-electron chi connectivity index (χ4n) is 7.61. The van der Waals surface area contributed by atoms with E-state index in [9.17, 15) is 0 Å². The van der Waals surface area contributed by atoms with E-state index in [-0.39, 0.29) is 0 Å². The summed E-state index contributed by atoms with van der Waals surface area (Å²) in [6, 6.07) is 63.2. The van der Waals surface area contributed by atoms with E-state index in [4.69, 9.17) is 4.42 Å². The lowest BCUT2D eigenvalue weighted by Crippen LogP contribution is -2.11. The second kappa shape index (κ2) is 10.6. The second-order valence-electron chi connectivity index (χ2n) is 12.5. The van der Waals surface area contributed by atoms with Crippen LogP contribution in [0.1, 0.15) is 0 Å². The minimum Gasteiger partial charge on any atom is -0.454 e. The third kappa shape index (κ3) is 4.06. The molecule has 0 aliphatic carbocycles. The van der Waals surface area contributed by atoms with E-state index in [0.717, 1.165) is 39.0 Å². The molecule has 2 heteroatoms. The van der Waals surface area contributed by atoms with Gasteiger partial charge in [0.05, 0.1) is 11.4 Å². The van der Waals surface area contributed by atoms with Gasteiger partial charge in [0, 0.05) is 21.8 Å². The molecule has 0 saturated heterocycles. The highest BCUT2D eigenvalue weighted by molar-refractivity contribution is 6.25. The first kappa shape index (κ1) is 26.8. The Labute approximate surface area is 277 Å². The fraction of sp³-hybridized carbons (Fsp3) is 0. The maximum atomic E-state index is 6.82. The van der Waals surface area contributed by atoms with Gasteiger partial charge in [0.2, 0.25) is 0 Å². The van der Waals surface area contributed by atoms with Crippen molar-refractivity contribution in [1.29, 1.82) is 0 Å². The summed E-state index contributed by atoms with van der Waals surface area (Å²) in [5.41, 5.74) is 7.33. The third-order valence-corrected chi connectivity index (χ3v) is 9.81. The van der Waals surface area contributed by atoms with Crippen LogP contribution in [0.4, 0.5) is 17.1 Å². The molecule has 224 valence electrons. The first-order valence-electron chi connectivity index (χ1n) is 16.4. The zero-order chi connectivity index (χ0) is 31.6. The van der Waals surface area contributed by atoms with Crippen molar-refractivity contribution in [2.24, 2.45) is 0 Å². The summed E-state index contributed by atoms with van der Waals surface area (Å²) in [4.78, 5) is 2.39. The molecule has 0 unspecified atom stereocenters. The molecule has 48 heavy (non-hydrogen) atoms. The van der Waals surface area contributed by atoms with E-state index < -0.39 is 0 Å². The predicted molar refractivity (Wildman–Crippen MR) is 204 cm³/mol. The van der Waals surface area contributed by atoms with E-state index in [2.05, 4.69) is 181 Å². The highest BCUT2D eigenvalue weighted by Gasteiger charge is 2.23. The van der Waals surface area contributed by atoms with Crippen LogP contribution in [0.5, 0.6) is 0 Å². The van der Waals surface area contributed by atoms with Crippen molar-refractivity contribution in [3.63, 3.8) is 0 Å². The second-order valence-corrected chi connectivity index (χ2v) is 12.5. The molecule has 10 rings (SSSR count). The van der Waals surface area contributed by atoms with E-state index >= 15 is 0 Å². The van der Waals surface area contributed by atoms with Crippen LogP contribution < -0.4 is 4.90 Å². The highest BCUT2D eigenvalue weighted by Crippen LogP contribution is 2.47. The van der Waals surface area contributed by atoms with Gasteiger partial charge in [-0.1, -0.05) is 146 Å². The molecular formula is C46H29NO. The smallest absolute Gasteiger partial charge is 0.159 e. The Balaban J connectivity index is 1.29. The van der Waals surface area contributed by atoms with Crippen molar-refractivity contribution < 1.29 is 4.42 Å². The van der Waals surface area contributed by atoms with Crippen molar-refractivity contribution in [3.8, 4) is 11.1 Å². The van der Waals surface area contributed by atoms with Crippen molar-refractivity contribution in [1.82, 2.24) is 0 Å². The molecule has 0 saturated carbocycles. The Morgan fingerprint density at radius 2 is 0.938 bits per heavy atom. The summed E-state index contributed by atoms with van der Waals surface area (Å²) in [6.45, 7) is 0. The van der Waals surface area contributed by atoms with E-state index in [1.807, 2.05) is 0 Å². The van der Waals surface area contributed by atoms with Crippen LogP contribution in [0.15, 0.2) is 180 Å². The number of rotatable bonds is 4. The number of hydrogen-bond acceptors (Lipinski definition) is 2. The molecule has 0 aliphatic heterocycles. The number of fused-ring (bicyclic) bond motifs is 10. The van der Waals surface area contributed by atoms with Gasteiger partial charge in [0.15, 0.2) is 5.58 Å². The molecule has 0 amide bonds. The van der Waals surface area contributed by atoms with Gasteiger partial charge in [-0.05, 0) is 79.2 Å². The maximum absolute atomic E-state index is 6.82. The van der Waals surface area contributed by atoms with Crippen LogP contribution in [0, 0.1) is 0 Å². The van der Waals surface area contributed by atoms with Crippen LogP contribution in [-0.2, 0) is 0 Å². The topological polar surface area (TPSA) is 16.4 Å². The molecule has 0 spiro atoms. The minimum absolute atomic E-state index is 0.874. The van der Waals surface area contributed by atoms with Crippen LogP contribution in [0.2, 0.25) is 0 Å². The van der Waals surface area contributed by atoms with Crippen molar-refractivity contribution in [2.75, 3.05) is 4.90 Å². The van der Waals surface area contributed by atoms with Gasteiger partial charge >= 0.3 is 0 Å². The Bertz CT molecular complexity index is 2830. The van der Waals surface area contributed by atoms with Crippen molar-refractivity contribution in [3.05, 3.63) is 176 Å². The first-order chi connectivity index (χ1) is 23.8. The number of nitrogens with zero attached hydrogens (tertiary/aromatic N) is 1. The summed E-state index contributed by atoms with van der Waals surface area (Å²) >= 11 is 0. The summed E-state index contributed by atoms with van der Waals surface area (Å²) in [5.74, 6) is 0. The zero-order valence-electron chi connectivity index (χ0n) is 26.1. The quantitative estimate of drug-likeness (QED) is 0.184. The lowest BCUT2D eigenvalue weighted by molar-refractivity contribution is 0.669. The zero-order valence-corrected chi connectivity index (χ0v) is 26.1. The molecule has 1 aromatic heterocycles. The SMILES string of the molecule is c1ccc(-c2ccc(N(c3cc4ccc5ccccc5c4c4ccccc34)c3cccc4c3oc3ccc5ccccc5c34)cc2)cc1. The predicted octanol–water partition coefficient (Wildman–Crippen LogP) is 13.3. The highest BCUT2D eigenvalue weighted by atomic mass is 16.3. The van der Waals surface area contributed by atoms with Gasteiger partial charge in [-0.3, -0.25) is 0 Å². The molecular weight excluding hydrogens is 583 g/mol. The molecule has 0 N–H and O–H groups in total. The Kier molecular flexibility index (Phi) is 5.91. The molecule has 0 fully saturated rings. The monoisotopic (exact) mass is 611 g/mol. The van der Waals surface area contributed by atoms with Gasteiger partial charge in [0.1, 0.15) is 5.58 Å². The lowest BCUT2D eigenvalue weighted by atomic mass is 9.94. The van der Waals surface area contributed by atoms with E-state index in [1.165, 1.54) is 54.2 Å². The number of hydrogen-bond donors (Lipinski definition) is 0. The Morgan fingerprint density at radius 1 is 0.354 bits per heavy atom. The summed E-state index contributed by atoms with van der Waals surface area (Å²) in [6.07, 6.45) is 0.